The van der Waals surface area contributed by atoms with Crippen LogP contribution in [0.1, 0.15) is 56.9 Å². The van der Waals surface area contributed by atoms with Crippen molar-refractivity contribution in [2.75, 3.05) is 0 Å². The number of phenolic OH excluding ortho intramolecular Hbond substituents is 1. The molecule has 0 radical (unpaired) electrons. The molecular weight excluding hydrogens is 232 g/mol. The summed E-state index contributed by atoms with van der Waals surface area (Å²) < 4.78 is 0. The molecule has 0 bridgehead atoms. The highest BCUT2D eigenvalue weighted by molar-refractivity contribution is 5.51. The first kappa shape index (κ1) is 15.8. The highest BCUT2D eigenvalue weighted by Gasteiger charge is 2.24. The molecule has 0 spiro atoms. The molecular formula is C18H28O. The topological polar surface area (TPSA) is 20.2 Å². The van der Waals surface area contributed by atoms with Gasteiger partial charge in [-0.25, -0.2) is 0 Å². The highest BCUT2D eigenvalue weighted by Crippen LogP contribution is 2.36. The average molecular weight is 260 g/mol. The highest BCUT2D eigenvalue weighted by atomic mass is 16.3. The molecule has 1 aromatic carbocycles. The molecule has 0 aliphatic rings. The van der Waals surface area contributed by atoms with E-state index in [1.165, 1.54) is 11.1 Å². The van der Waals surface area contributed by atoms with E-state index in [0.717, 1.165) is 11.1 Å². The molecule has 0 aliphatic heterocycles. The molecule has 0 saturated carbocycles. The summed E-state index contributed by atoms with van der Waals surface area (Å²) in [4.78, 5) is 0. The van der Waals surface area contributed by atoms with Crippen LogP contribution in [0.5, 0.6) is 5.75 Å². The lowest BCUT2D eigenvalue weighted by Gasteiger charge is -2.28. The lowest BCUT2D eigenvalue weighted by molar-refractivity contribution is 0.468. The van der Waals surface area contributed by atoms with Gasteiger partial charge in [0.1, 0.15) is 5.75 Å². The van der Waals surface area contributed by atoms with Gasteiger partial charge in [-0.1, -0.05) is 46.8 Å². The monoisotopic (exact) mass is 260 g/mol. The fourth-order valence-corrected chi connectivity index (χ4v) is 2.59. The van der Waals surface area contributed by atoms with Crippen LogP contribution in [-0.4, -0.2) is 5.11 Å². The van der Waals surface area contributed by atoms with Crippen molar-refractivity contribution < 1.29 is 5.11 Å². The number of phenols is 1. The summed E-state index contributed by atoms with van der Waals surface area (Å²) in [6.45, 7) is 17.3. The lowest BCUT2D eigenvalue weighted by atomic mass is 9.76. The summed E-state index contributed by atoms with van der Waals surface area (Å²) in [6, 6.07) is 1.88. The van der Waals surface area contributed by atoms with Crippen LogP contribution in [-0.2, 0) is 5.41 Å². The maximum Gasteiger partial charge on any atom is 0.119 e. The van der Waals surface area contributed by atoms with Crippen LogP contribution in [0.4, 0.5) is 0 Å². The lowest BCUT2D eigenvalue weighted by Crippen LogP contribution is -2.19. The van der Waals surface area contributed by atoms with Crippen LogP contribution in [0.2, 0.25) is 0 Å². The molecule has 19 heavy (non-hydrogen) atoms. The summed E-state index contributed by atoms with van der Waals surface area (Å²) in [5.74, 6) is 0.398. The molecule has 0 aliphatic carbocycles. The average Bonchev–Trinajstić information content (AvgIpc) is 2.22. The molecule has 1 aromatic rings. The van der Waals surface area contributed by atoms with Crippen LogP contribution < -0.4 is 0 Å². The number of aromatic hydroxyl groups is 1. The van der Waals surface area contributed by atoms with Gasteiger partial charge in [0.2, 0.25) is 0 Å². The minimum absolute atomic E-state index is 0.0279. The third kappa shape index (κ3) is 3.62. The minimum atomic E-state index is -0.0279. The Kier molecular flexibility index (Phi) is 4.19. The van der Waals surface area contributed by atoms with Gasteiger partial charge in [-0.05, 0) is 54.5 Å². The largest absolute Gasteiger partial charge is 0.508 e. The molecule has 1 rings (SSSR count). The quantitative estimate of drug-likeness (QED) is 0.725. The van der Waals surface area contributed by atoms with Crippen molar-refractivity contribution in [2.24, 2.45) is 5.41 Å². The third-order valence-corrected chi connectivity index (χ3v) is 3.71. The third-order valence-electron chi connectivity index (χ3n) is 3.71. The number of hydrogen-bond acceptors (Lipinski definition) is 1. The van der Waals surface area contributed by atoms with Crippen LogP contribution in [0, 0.1) is 26.2 Å². The summed E-state index contributed by atoms with van der Waals surface area (Å²) >= 11 is 0. The zero-order valence-corrected chi connectivity index (χ0v) is 13.7. The Morgan fingerprint density at radius 3 is 1.89 bits per heavy atom. The molecule has 106 valence electrons. The zero-order chi connectivity index (χ0) is 15.0. The SMILES string of the molecule is Cc1cc(O)c(C)c(C)c1C(C)(C)/C=C/C(C)(C)C. The first-order chi connectivity index (χ1) is 8.46. The van der Waals surface area contributed by atoms with E-state index in [1.807, 2.05) is 13.0 Å². The van der Waals surface area contributed by atoms with Gasteiger partial charge in [-0.15, -0.1) is 0 Å². The van der Waals surface area contributed by atoms with Gasteiger partial charge in [0.25, 0.3) is 0 Å². The van der Waals surface area contributed by atoms with Crippen molar-refractivity contribution in [3.8, 4) is 5.75 Å². The van der Waals surface area contributed by atoms with Gasteiger partial charge in [0.05, 0.1) is 0 Å². The van der Waals surface area contributed by atoms with Crippen LogP contribution >= 0.6 is 0 Å². The van der Waals surface area contributed by atoms with Crippen molar-refractivity contribution in [1.29, 1.82) is 0 Å². The van der Waals surface area contributed by atoms with Crippen molar-refractivity contribution in [2.45, 2.75) is 60.8 Å². The number of rotatable bonds is 2. The van der Waals surface area contributed by atoms with E-state index in [2.05, 4.69) is 60.6 Å². The van der Waals surface area contributed by atoms with Crippen LogP contribution in [0.25, 0.3) is 0 Å². The second-order valence-electron chi connectivity index (χ2n) is 7.26. The van der Waals surface area contributed by atoms with Crippen molar-refractivity contribution in [1.82, 2.24) is 0 Å². The summed E-state index contributed by atoms with van der Waals surface area (Å²) in [7, 11) is 0. The number of allylic oxidation sites excluding steroid dienone is 2. The maximum absolute atomic E-state index is 9.91. The van der Waals surface area contributed by atoms with Crippen molar-refractivity contribution >= 4 is 0 Å². The first-order valence-electron chi connectivity index (χ1n) is 6.96. The Hall–Kier alpha value is -1.24. The van der Waals surface area contributed by atoms with Gasteiger partial charge >= 0.3 is 0 Å². The molecule has 0 amide bonds. The molecule has 0 aromatic heterocycles. The van der Waals surface area contributed by atoms with E-state index < -0.39 is 0 Å². The smallest absolute Gasteiger partial charge is 0.119 e. The summed E-state index contributed by atoms with van der Waals surface area (Å²) in [5, 5.41) is 9.91. The fraction of sp³-hybridized carbons (Fsp3) is 0.556. The molecule has 1 nitrogen and oxygen atoms in total. The Bertz CT molecular complexity index is 499. The van der Waals surface area contributed by atoms with Crippen LogP contribution in [0.15, 0.2) is 18.2 Å². The Labute approximate surface area is 118 Å². The second kappa shape index (κ2) is 5.03. The molecule has 0 atom stereocenters. The van der Waals surface area contributed by atoms with E-state index in [4.69, 9.17) is 0 Å². The van der Waals surface area contributed by atoms with Crippen molar-refractivity contribution in [3.63, 3.8) is 0 Å². The normalized spacial score (nSPS) is 13.3. The van der Waals surface area contributed by atoms with E-state index in [9.17, 15) is 5.11 Å². The van der Waals surface area contributed by atoms with Gasteiger partial charge in [0, 0.05) is 5.41 Å². The maximum atomic E-state index is 9.91. The van der Waals surface area contributed by atoms with Gasteiger partial charge in [-0.3, -0.25) is 0 Å². The fourth-order valence-electron chi connectivity index (χ4n) is 2.59. The van der Waals surface area contributed by atoms with E-state index in [0.29, 0.717) is 5.75 Å². The predicted octanol–water partition coefficient (Wildman–Crippen LogP) is 5.20. The summed E-state index contributed by atoms with van der Waals surface area (Å²) in [5.41, 5.74) is 4.82. The predicted molar refractivity (Wildman–Crippen MR) is 83.9 cm³/mol. The molecule has 0 fully saturated rings. The van der Waals surface area contributed by atoms with E-state index >= 15 is 0 Å². The molecule has 0 unspecified atom stereocenters. The van der Waals surface area contributed by atoms with Gasteiger partial charge in [-0.2, -0.15) is 0 Å². The van der Waals surface area contributed by atoms with E-state index in [1.54, 1.807) is 0 Å². The minimum Gasteiger partial charge on any atom is -0.508 e. The Morgan fingerprint density at radius 2 is 1.42 bits per heavy atom. The van der Waals surface area contributed by atoms with Gasteiger partial charge < -0.3 is 5.11 Å². The van der Waals surface area contributed by atoms with Gasteiger partial charge in [0.15, 0.2) is 0 Å². The Morgan fingerprint density at radius 1 is 0.895 bits per heavy atom. The van der Waals surface area contributed by atoms with E-state index in [-0.39, 0.29) is 10.8 Å². The first-order valence-corrected chi connectivity index (χ1v) is 6.96. The molecule has 1 N–H and O–H groups in total. The zero-order valence-electron chi connectivity index (χ0n) is 13.7. The number of aryl methyl sites for hydroxylation is 1. The molecule has 1 heteroatoms. The van der Waals surface area contributed by atoms with Crippen molar-refractivity contribution in [3.05, 3.63) is 40.5 Å². The molecule has 0 heterocycles. The summed E-state index contributed by atoms with van der Waals surface area (Å²) in [6.07, 6.45) is 4.56. The molecule has 0 saturated heterocycles. The number of benzene rings is 1. The number of hydrogen-bond donors (Lipinski definition) is 1. The second-order valence-corrected chi connectivity index (χ2v) is 7.26. The standard InChI is InChI=1S/C18H28O/c1-12-11-15(19)13(2)14(3)16(12)18(7,8)10-9-17(4,5)6/h9-11,19H,1-8H3/b10-9+. The Balaban J connectivity index is 3.37. The van der Waals surface area contributed by atoms with Crippen LogP contribution in [0.3, 0.4) is 0 Å².